The van der Waals surface area contributed by atoms with Crippen LogP contribution in [0.15, 0.2) is 18.2 Å². The smallest absolute Gasteiger partial charge is 0.337 e. The highest BCUT2D eigenvalue weighted by molar-refractivity contribution is 6.18. The van der Waals surface area contributed by atoms with Crippen LogP contribution in [0.4, 0.5) is 17.6 Å². The van der Waals surface area contributed by atoms with Crippen molar-refractivity contribution in [3.63, 3.8) is 0 Å². The summed E-state index contributed by atoms with van der Waals surface area (Å²) in [6.45, 7) is 2.27. The van der Waals surface area contributed by atoms with Gasteiger partial charge in [0.15, 0.2) is 0 Å². The van der Waals surface area contributed by atoms with Crippen molar-refractivity contribution in [1.29, 1.82) is 0 Å². The molecule has 0 fully saturated rings. The Bertz CT molecular complexity index is 470. The fraction of sp³-hybridized carbons (Fsp3) is 0.462. The second kappa shape index (κ2) is 6.92. The van der Waals surface area contributed by atoms with Gasteiger partial charge in [-0.1, -0.05) is 13.0 Å². The summed E-state index contributed by atoms with van der Waals surface area (Å²) in [5, 5.41) is 0. The van der Waals surface area contributed by atoms with E-state index in [2.05, 4.69) is 0 Å². The molecule has 0 atom stereocenters. The summed E-state index contributed by atoms with van der Waals surface area (Å²) < 4.78 is 51.7. The van der Waals surface area contributed by atoms with Crippen LogP contribution in [0.2, 0.25) is 0 Å². The Balaban J connectivity index is 3.16. The van der Waals surface area contributed by atoms with Crippen LogP contribution in [0, 0.1) is 5.82 Å². The lowest BCUT2D eigenvalue weighted by Gasteiger charge is -2.22. The van der Waals surface area contributed by atoms with E-state index in [0.29, 0.717) is 19.0 Å². The predicted molar refractivity (Wildman–Crippen MR) is 68.3 cm³/mol. The first-order valence-corrected chi connectivity index (χ1v) is 6.57. The molecule has 0 spiro atoms. The van der Waals surface area contributed by atoms with Crippen LogP contribution >= 0.6 is 11.6 Å². The maximum Gasteiger partial charge on any atom is 0.419 e. The number of rotatable bonds is 5. The van der Waals surface area contributed by atoms with Gasteiger partial charge in [-0.25, -0.2) is 4.39 Å². The second-order valence-electron chi connectivity index (χ2n) is 4.15. The van der Waals surface area contributed by atoms with Gasteiger partial charge in [0.2, 0.25) is 0 Å². The Labute approximate surface area is 119 Å². The summed E-state index contributed by atoms with van der Waals surface area (Å²) >= 11 is 5.54. The normalized spacial score (nSPS) is 11.5. The van der Waals surface area contributed by atoms with E-state index in [1.165, 1.54) is 4.90 Å². The van der Waals surface area contributed by atoms with Crippen LogP contribution in [0.25, 0.3) is 0 Å². The molecule has 0 aliphatic rings. The van der Waals surface area contributed by atoms with E-state index >= 15 is 0 Å². The molecule has 112 valence electrons. The van der Waals surface area contributed by atoms with Crippen LogP contribution in [-0.4, -0.2) is 29.8 Å². The summed E-state index contributed by atoms with van der Waals surface area (Å²) in [6, 6.07) is 2.67. The molecule has 0 saturated carbocycles. The summed E-state index contributed by atoms with van der Waals surface area (Å²) in [4.78, 5) is 13.3. The molecule has 1 amide bonds. The van der Waals surface area contributed by atoms with Crippen molar-refractivity contribution in [2.75, 3.05) is 19.0 Å². The van der Waals surface area contributed by atoms with E-state index in [-0.39, 0.29) is 12.4 Å². The zero-order valence-corrected chi connectivity index (χ0v) is 11.6. The summed E-state index contributed by atoms with van der Waals surface area (Å²) in [5.74, 6) is -2.19. The van der Waals surface area contributed by atoms with E-state index in [1.807, 2.05) is 0 Å². The van der Waals surface area contributed by atoms with Crippen LogP contribution < -0.4 is 0 Å². The third kappa shape index (κ3) is 3.85. The SMILES string of the molecule is CCCN(CCCl)C(=O)c1cccc(C(F)(F)F)c1F. The van der Waals surface area contributed by atoms with Crippen molar-refractivity contribution in [3.05, 3.63) is 35.1 Å². The number of hydrogen-bond donors (Lipinski definition) is 0. The molecule has 2 nitrogen and oxygen atoms in total. The summed E-state index contributed by atoms with van der Waals surface area (Å²) in [5.41, 5.74) is -2.02. The molecule has 20 heavy (non-hydrogen) atoms. The van der Waals surface area contributed by atoms with Crippen LogP contribution in [0.1, 0.15) is 29.3 Å². The number of nitrogens with zero attached hydrogens (tertiary/aromatic N) is 1. The van der Waals surface area contributed by atoms with Gasteiger partial charge in [-0.3, -0.25) is 4.79 Å². The van der Waals surface area contributed by atoms with Gasteiger partial charge < -0.3 is 4.90 Å². The van der Waals surface area contributed by atoms with Crippen LogP contribution in [0.3, 0.4) is 0 Å². The number of carbonyl (C=O) groups is 1. The van der Waals surface area contributed by atoms with Gasteiger partial charge in [-0.05, 0) is 18.6 Å². The fourth-order valence-electron chi connectivity index (χ4n) is 1.77. The molecule has 0 heterocycles. The van der Waals surface area contributed by atoms with Gasteiger partial charge >= 0.3 is 6.18 Å². The number of amides is 1. The molecule has 7 heteroatoms. The van der Waals surface area contributed by atoms with Crippen molar-refractivity contribution in [3.8, 4) is 0 Å². The number of carbonyl (C=O) groups excluding carboxylic acids is 1. The van der Waals surface area contributed by atoms with Crippen molar-refractivity contribution < 1.29 is 22.4 Å². The lowest BCUT2D eigenvalue weighted by Crippen LogP contribution is -2.34. The molecule has 0 aliphatic heterocycles. The third-order valence-electron chi connectivity index (χ3n) is 2.67. The first kappa shape index (κ1) is 16.8. The molecule has 1 aromatic rings. The monoisotopic (exact) mass is 311 g/mol. The zero-order chi connectivity index (χ0) is 15.3. The van der Waals surface area contributed by atoms with Gasteiger partial charge in [0.1, 0.15) is 5.82 Å². The first-order chi connectivity index (χ1) is 9.32. The van der Waals surface area contributed by atoms with Gasteiger partial charge in [0.05, 0.1) is 11.1 Å². The van der Waals surface area contributed by atoms with Gasteiger partial charge in [0.25, 0.3) is 5.91 Å². The van der Waals surface area contributed by atoms with Crippen molar-refractivity contribution in [2.45, 2.75) is 19.5 Å². The zero-order valence-electron chi connectivity index (χ0n) is 10.8. The molecular weight excluding hydrogens is 298 g/mol. The van der Waals surface area contributed by atoms with Gasteiger partial charge in [0, 0.05) is 19.0 Å². The molecule has 0 radical (unpaired) electrons. The van der Waals surface area contributed by atoms with Crippen molar-refractivity contribution in [2.24, 2.45) is 0 Å². The molecule has 0 unspecified atom stereocenters. The third-order valence-corrected chi connectivity index (χ3v) is 2.84. The molecular formula is C13H14ClF4NO. The van der Waals surface area contributed by atoms with Crippen molar-refractivity contribution in [1.82, 2.24) is 4.90 Å². The maximum absolute atomic E-state index is 13.9. The highest BCUT2D eigenvalue weighted by atomic mass is 35.5. The Morgan fingerprint density at radius 2 is 1.95 bits per heavy atom. The highest BCUT2D eigenvalue weighted by Crippen LogP contribution is 2.32. The Morgan fingerprint density at radius 1 is 1.30 bits per heavy atom. The predicted octanol–water partition coefficient (Wildman–Crippen LogP) is 3.94. The first-order valence-electron chi connectivity index (χ1n) is 6.03. The molecule has 0 saturated heterocycles. The molecule has 1 aromatic carbocycles. The maximum atomic E-state index is 13.9. The van der Waals surface area contributed by atoms with E-state index in [4.69, 9.17) is 11.6 Å². The lowest BCUT2D eigenvalue weighted by molar-refractivity contribution is -0.140. The van der Waals surface area contributed by atoms with Gasteiger partial charge in [-0.15, -0.1) is 11.6 Å². The number of alkyl halides is 4. The Kier molecular flexibility index (Phi) is 5.80. The van der Waals surface area contributed by atoms with Crippen LogP contribution in [0.5, 0.6) is 0 Å². The number of hydrogen-bond acceptors (Lipinski definition) is 1. The van der Waals surface area contributed by atoms with E-state index < -0.39 is 29.0 Å². The number of halogens is 5. The molecule has 0 bridgehead atoms. The molecule has 0 aliphatic carbocycles. The standard InChI is InChI=1S/C13H14ClF4NO/c1-2-7-19(8-6-14)12(20)9-4-3-5-10(11(9)15)13(16,17)18/h3-5H,2,6-8H2,1H3. The van der Waals surface area contributed by atoms with E-state index in [0.717, 1.165) is 12.1 Å². The minimum absolute atomic E-state index is 0.131. The molecule has 0 aromatic heterocycles. The second-order valence-corrected chi connectivity index (χ2v) is 4.52. The van der Waals surface area contributed by atoms with Gasteiger partial charge in [-0.2, -0.15) is 13.2 Å². The fourth-order valence-corrected chi connectivity index (χ4v) is 1.98. The highest BCUT2D eigenvalue weighted by Gasteiger charge is 2.36. The lowest BCUT2D eigenvalue weighted by atomic mass is 10.1. The number of benzene rings is 1. The van der Waals surface area contributed by atoms with E-state index in [9.17, 15) is 22.4 Å². The summed E-state index contributed by atoms with van der Waals surface area (Å²) in [7, 11) is 0. The van der Waals surface area contributed by atoms with Crippen LogP contribution in [-0.2, 0) is 6.18 Å². The molecule has 1 rings (SSSR count). The average Bonchev–Trinajstić information content (AvgIpc) is 2.36. The average molecular weight is 312 g/mol. The Hall–Kier alpha value is -1.30. The quantitative estimate of drug-likeness (QED) is 0.596. The topological polar surface area (TPSA) is 20.3 Å². The minimum atomic E-state index is -4.83. The Morgan fingerprint density at radius 3 is 2.45 bits per heavy atom. The summed E-state index contributed by atoms with van der Waals surface area (Å²) in [6.07, 6.45) is -4.23. The molecule has 0 N–H and O–H groups in total. The van der Waals surface area contributed by atoms with E-state index in [1.54, 1.807) is 6.92 Å². The van der Waals surface area contributed by atoms with Crippen molar-refractivity contribution >= 4 is 17.5 Å². The largest absolute Gasteiger partial charge is 0.419 e. The minimum Gasteiger partial charge on any atom is -0.337 e.